The number of carbonyl (C=O) groups is 2. The predicted molar refractivity (Wildman–Crippen MR) is 123 cm³/mol. The van der Waals surface area contributed by atoms with Crippen LogP contribution in [-0.4, -0.2) is 65.1 Å². The molecule has 0 radical (unpaired) electrons. The van der Waals surface area contributed by atoms with Crippen molar-refractivity contribution in [1.82, 2.24) is 14.4 Å². The van der Waals surface area contributed by atoms with E-state index in [4.69, 9.17) is 9.47 Å². The molecule has 3 heterocycles. The number of hydrogen-bond donors (Lipinski definition) is 1. The van der Waals surface area contributed by atoms with Gasteiger partial charge in [-0.1, -0.05) is 18.2 Å². The molecule has 8 nitrogen and oxygen atoms in total. The number of Topliss-reactive ketones (excluding diaryl/α,β-unsaturated/α-hetero) is 1. The third kappa shape index (κ3) is 3.43. The summed E-state index contributed by atoms with van der Waals surface area (Å²) < 4.78 is 12.8. The van der Waals surface area contributed by atoms with Gasteiger partial charge < -0.3 is 28.9 Å². The number of benzene rings is 2. The third-order valence-corrected chi connectivity index (χ3v) is 6.20. The number of rotatable bonds is 5. The van der Waals surface area contributed by atoms with E-state index in [1.165, 1.54) is 0 Å². The normalized spacial score (nSPS) is 19.3. The summed E-state index contributed by atoms with van der Waals surface area (Å²) in [6.45, 7) is 1.03. The molecule has 0 spiro atoms. The number of aryl methyl sites for hydroxylation is 1. The van der Waals surface area contributed by atoms with Crippen molar-refractivity contribution in [3.8, 4) is 11.5 Å². The fraction of sp³-hybridized carbons (Fsp3) is 0.280. The highest BCUT2D eigenvalue weighted by Crippen LogP contribution is 2.43. The molecule has 0 saturated carbocycles. The summed E-state index contributed by atoms with van der Waals surface area (Å²) in [4.78, 5) is 29.9. The van der Waals surface area contributed by atoms with Crippen LogP contribution in [0.3, 0.4) is 0 Å². The lowest BCUT2D eigenvalue weighted by molar-refractivity contribution is -0.140. The monoisotopic (exact) mass is 447 g/mol. The van der Waals surface area contributed by atoms with E-state index in [9.17, 15) is 14.7 Å². The molecule has 1 aromatic heterocycles. The summed E-state index contributed by atoms with van der Waals surface area (Å²) in [5.74, 6) is -0.470. The molecule has 2 aliphatic rings. The van der Waals surface area contributed by atoms with E-state index in [0.717, 1.165) is 16.5 Å². The lowest BCUT2D eigenvalue weighted by atomic mass is 9.95. The van der Waals surface area contributed by atoms with Crippen molar-refractivity contribution in [3.63, 3.8) is 0 Å². The summed E-state index contributed by atoms with van der Waals surface area (Å²) in [6.07, 6.45) is 1.93. The van der Waals surface area contributed by atoms with Crippen molar-refractivity contribution in [2.45, 2.75) is 6.04 Å². The van der Waals surface area contributed by atoms with Crippen LogP contribution in [-0.2, 0) is 16.6 Å². The summed E-state index contributed by atoms with van der Waals surface area (Å²) in [6, 6.07) is 12.1. The molecule has 5 rings (SSSR count). The van der Waals surface area contributed by atoms with Crippen molar-refractivity contribution >= 4 is 28.4 Å². The van der Waals surface area contributed by atoms with Crippen LogP contribution in [0, 0.1) is 0 Å². The maximum Gasteiger partial charge on any atom is 0.295 e. The molecule has 8 heteroatoms. The number of nitrogens with zero attached hydrogens (tertiary/aromatic N) is 3. The molecule has 0 aliphatic carbocycles. The molecular weight excluding hydrogens is 422 g/mol. The van der Waals surface area contributed by atoms with E-state index >= 15 is 0 Å². The van der Waals surface area contributed by atoms with E-state index in [-0.39, 0.29) is 18.1 Å². The average molecular weight is 447 g/mol. The van der Waals surface area contributed by atoms with E-state index < -0.39 is 17.7 Å². The fourth-order valence-corrected chi connectivity index (χ4v) is 4.53. The second kappa shape index (κ2) is 7.97. The highest BCUT2D eigenvalue weighted by Gasteiger charge is 2.47. The zero-order valence-corrected chi connectivity index (χ0v) is 18.7. The Labute approximate surface area is 191 Å². The molecule has 2 aromatic carbocycles. The number of para-hydroxylation sites is 1. The van der Waals surface area contributed by atoms with Gasteiger partial charge in [-0.2, -0.15) is 0 Å². The molecule has 1 amide bonds. The molecule has 1 N–H and O–H groups in total. The SMILES string of the molecule is CN(C)CCN1C(=O)C(=O)/C(=C(/O)c2ccc3c(c2)OCO3)C1c1cn(C)c2ccccc12. The van der Waals surface area contributed by atoms with Gasteiger partial charge in [-0.3, -0.25) is 9.59 Å². The van der Waals surface area contributed by atoms with Gasteiger partial charge in [0.15, 0.2) is 11.5 Å². The van der Waals surface area contributed by atoms with Crippen LogP contribution >= 0.6 is 0 Å². The minimum absolute atomic E-state index is 0.0778. The number of fused-ring (bicyclic) bond motifs is 2. The first-order chi connectivity index (χ1) is 15.9. The Hall–Kier alpha value is -3.78. The van der Waals surface area contributed by atoms with Gasteiger partial charge in [0.25, 0.3) is 11.7 Å². The number of aromatic nitrogens is 1. The first kappa shape index (κ1) is 21.1. The summed E-state index contributed by atoms with van der Waals surface area (Å²) in [7, 11) is 5.75. The van der Waals surface area contributed by atoms with Crippen LogP contribution in [0.1, 0.15) is 17.2 Å². The standard InChI is InChI=1S/C25H25N3O5/c1-26(2)10-11-28-22(17-13-27(3)18-7-5-4-6-16(17)18)21(24(30)25(28)31)23(29)15-8-9-19-20(12-15)33-14-32-19/h4-9,12-13,22,29H,10-11,14H2,1-3H3/b23-21+. The molecule has 1 fully saturated rings. The van der Waals surface area contributed by atoms with Gasteiger partial charge in [0.05, 0.1) is 11.6 Å². The number of hydrogen-bond acceptors (Lipinski definition) is 6. The Morgan fingerprint density at radius 3 is 2.67 bits per heavy atom. The fourth-order valence-electron chi connectivity index (χ4n) is 4.53. The van der Waals surface area contributed by atoms with Crippen molar-refractivity contribution in [1.29, 1.82) is 0 Å². The third-order valence-electron chi connectivity index (χ3n) is 6.20. The van der Waals surface area contributed by atoms with E-state index in [0.29, 0.717) is 30.2 Å². The zero-order chi connectivity index (χ0) is 23.3. The van der Waals surface area contributed by atoms with E-state index in [2.05, 4.69) is 0 Å². The zero-order valence-electron chi connectivity index (χ0n) is 18.7. The molecule has 33 heavy (non-hydrogen) atoms. The van der Waals surface area contributed by atoms with Crippen LogP contribution in [0.15, 0.2) is 54.2 Å². The maximum atomic E-state index is 13.3. The summed E-state index contributed by atoms with van der Waals surface area (Å²) in [5.41, 5.74) is 2.26. The lowest BCUT2D eigenvalue weighted by Crippen LogP contribution is -2.35. The Bertz CT molecular complexity index is 1310. The van der Waals surface area contributed by atoms with Crippen molar-refractivity contribution in [2.24, 2.45) is 7.05 Å². The van der Waals surface area contributed by atoms with E-state index in [1.54, 1.807) is 23.1 Å². The van der Waals surface area contributed by atoms with Crippen LogP contribution in [0.2, 0.25) is 0 Å². The summed E-state index contributed by atoms with van der Waals surface area (Å²) >= 11 is 0. The van der Waals surface area contributed by atoms with Crippen LogP contribution in [0.5, 0.6) is 11.5 Å². The first-order valence-corrected chi connectivity index (χ1v) is 10.7. The Balaban J connectivity index is 1.70. The molecule has 1 unspecified atom stereocenters. The van der Waals surface area contributed by atoms with Gasteiger partial charge in [0.1, 0.15) is 5.76 Å². The molecule has 3 aromatic rings. The molecule has 1 saturated heterocycles. The number of likely N-dealkylation sites (N-methyl/N-ethyl adjacent to an activating group) is 1. The van der Waals surface area contributed by atoms with Gasteiger partial charge in [-0.25, -0.2) is 0 Å². The van der Waals surface area contributed by atoms with Crippen LogP contribution in [0.25, 0.3) is 16.7 Å². The van der Waals surface area contributed by atoms with Crippen molar-refractivity contribution in [3.05, 3.63) is 65.4 Å². The second-order valence-electron chi connectivity index (χ2n) is 8.58. The number of amides is 1. The summed E-state index contributed by atoms with van der Waals surface area (Å²) in [5, 5.41) is 12.2. The smallest absolute Gasteiger partial charge is 0.295 e. The molecule has 2 aliphatic heterocycles. The Morgan fingerprint density at radius 2 is 1.88 bits per heavy atom. The molecule has 0 bridgehead atoms. The quantitative estimate of drug-likeness (QED) is 0.368. The van der Waals surface area contributed by atoms with Crippen molar-refractivity contribution in [2.75, 3.05) is 34.0 Å². The van der Waals surface area contributed by atoms with Crippen LogP contribution in [0.4, 0.5) is 0 Å². The number of ketones is 1. The minimum atomic E-state index is -0.707. The maximum absolute atomic E-state index is 13.3. The minimum Gasteiger partial charge on any atom is -0.507 e. The number of aliphatic hydroxyl groups is 1. The number of likely N-dealkylation sites (tertiary alicyclic amines) is 1. The van der Waals surface area contributed by atoms with Gasteiger partial charge in [-0.05, 0) is 38.4 Å². The molecular formula is C25H25N3O5. The lowest BCUT2D eigenvalue weighted by Gasteiger charge is -2.26. The first-order valence-electron chi connectivity index (χ1n) is 10.7. The van der Waals surface area contributed by atoms with Gasteiger partial charge in [-0.15, -0.1) is 0 Å². The predicted octanol–water partition coefficient (Wildman–Crippen LogP) is 2.89. The van der Waals surface area contributed by atoms with Gasteiger partial charge >= 0.3 is 0 Å². The highest BCUT2D eigenvalue weighted by atomic mass is 16.7. The Kier molecular flexibility index (Phi) is 5.09. The number of aliphatic hydroxyl groups excluding tert-OH is 1. The Morgan fingerprint density at radius 1 is 1.12 bits per heavy atom. The van der Waals surface area contributed by atoms with Gasteiger partial charge in [0, 0.05) is 48.4 Å². The van der Waals surface area contributed by atoms with Gasteiger partial charge in [0.2, 0.25) is 6.79 Å². The largest absolute Gasteiger partial charge is 0.507 e. The topological polar surface area (TPSA) is 84.2 Å². The highest BCUT2D eigenvalue weighted by molar-refractivity contribution is 6.46. The number of ether oxygens (including phenoxy) is 2. The van der Waals surface area contributed by atoms with E-state index in [1.807, 2.05) is 61.1 Å². The van der Waals surface area contributed by atoms with Crippen molar-refractivity contribution < 1.29 is 24.2 Å². The number of carbonyl (C=O) groups excluding carboxylic acids is 2. The van der Waals surface area contributed by atoms with Crippen LogP contribution < -0.4 is 9.47 Å². The second-order valence-corrected chi connectivity index (χ2v) is 8.58. The molecule has 170 valence electrons. The average Bonchev–Trinajstić information content (AvgIpc) is 3.47. The molecule has 1 atom stereocenters.